The highest BCUT2D eigenvalue weighted by molar-refractivity contribution is 9.10. The van der Waals surface area contributed by atoms with Gasteiger partial charge in [0.25, 0.3) is 11.8 Å². The van der Waals surface area contributed by atoms with E-state index in [1.807, 2.05) is 25.1 Å². The molecule has 3 aromatic carbocycles. The lowest BCUT2D eigenvalue weighted by molar-refractivity contribution is -0.123. The summed E-state index contributed by atoms with van der Waals surface area (Å²) in [6, 6.07) is 17.6. The van der Waals surface area contributed by atoms with Crippen molar-refractivity contribution in [3.63, 3.8) is 0 Å². The van der Waals surface area contributed by atoms with E-state index in [1.165, 1.54) is 17.0 Å². The number of anilines is 1. The number of methoxy groups -OCH3 is 2. The molecule has 9 heteroatoms. The molecule has 3 aromatic rings. The van der Waals surface area contributed by atoms with Crippen LogP contribution in [-0.4, -0.2) is 43.0 Å². The molecule has 36 heavy (non-hydrogen) atoms. The molecule has 0 aliphatic carbocycles. The first-order valence-corrected chi connectivity index (χ1v) is 12.1. The fourth-order valence-electron chi connectivity index (χ4n) is 4.82. The highest BCUT2D eigenvalue weighted by Crippen LogP contribution is 2.45. The van der Waals surface area contributed by atoms with Gasteiger partial charge in [-0.2, -0.15) is 0 Å². The van der Waals surface area contributed by atoms with Gasteiger partial charge in [0.1, 0.15) is 17.5 Å². The van der Waals surface area contributed by atoms with Gasteiger partial charge in [-0.15, -0.1) is 0 Å². The van der Waals surface area contributed by atoms with E-state index >= 15 is 0 Å². The number of amides is 3. The van der Waals surface area contributed by atoms with Crippen LogP contribution in [0.4, 0.5) is 5.69 Å². The quantitative estimate of drug-likeness (QED) is 0.483. The molecule has 2 aliphatic heterocycles. The zero-order chi connectivity index (χ0) is 25.6. The van der Waals surface area contributed by atoms with Crippen molar-refractivity contribution in [3.05, 3.63) is 87.9 Å². The van der Waals surface area contributed by atoms with E-state index in [1.54, 1.807) is 55.6 Å². The van der Waals surface area contributed by atoms with Gasteiger partial charge in [0.2, 0.25) is 5.91 Å². The molecule has 0 spiro atoms. The predicted octanol–water partition coefficient (Wildman–Crippen LogP) is 4.03. The highest BCUT2D eigenvalue weighted by Gasteiger charge is 2.60. The van der Waals surface area contributed by atoms with Crippen molar-refractivity contribution >= 4 is 39.3 Å². The predicted molar refractivity (Wildman–Crippen MR) is 137 cm³/mol. The van der Waals surface area contributed by atoms with E-state index < -0.39 is 29.8 Å². The van der Waals surface area contributed by atoms with Gasteiger partial charge in [0.15, 0.2) is 0 Å². The van der Waals surface area contributed by atoms with Crippen LogP contribution < -0.4 is 19.8 Å². The van der Waals surface area contributed by atoms with Crippen molar-refractivity contribution in [2.45, 2.75) is 19.0 Å². The summed E-state index contributed by atoms with van der Waals surface area (Å²) in [5.41, 5.74) is 5.62. The van der Waals surface area contributed by atoms with Gasteiger partial charge in [-0.05, 0) is 55.5 Å². The van der Waals surface area contributed by atoms with E-state index in [2.05, 4.69) is 21.4 Å². The normalized spacial score (nSPS) is 21.1. The molecular formula is C27H24BrN3O5. The second-order valence-corrected chi connectivity index (χ2v) is 9.63. The van der Waals surface area contributed by atoms with Gasteiger partial charge >= 0.3 is 0 Å². The molecule has 2 saturated heterocycles. The number of rotatable bonds is 5. The van der Waals surface area contributed by atoms with Crippen LogP contribution in [0, 0.1) is 12.8 Å². The summed E-state index contributed by atoms with van der Waals surface area (Å²) in [6.45, 7) is 1.93. The van der Waals surface area contributed by atoms with E-state index in [4.69, 9.17) is 9.47 Å². The average Bonchev–Trinajstić information content (AvgIpc) is 3.40. The average molecular weight is 550 g/mol. The van der Waals surface area contributed by atoms with Gasteiger partial charge in [-0.1, -0.05) is 39.7 Å². The second-order valence-electron chi connectivity index (χ2n) is 8.72. The van der Waals surface area contributed by atoms with Crippen LogP contribution in [-0.2, 0) is 9.59 Å². The molecule has 0 saturated carbocycles. The molecule has 0 bridgehead atoms. The van der Waals surface area contributed by atoms with Crippen molar-refractivity contribution in [2.75, 3.05) is 19.1 Å². The minimum atomic E-state index is -1.04. The smallest absolute Gasteiger partial charge is 0.268 e. The lowest BCUT2D eigenvalue weighted by Crippen LogP contribution is -2.48. The molecule has 8 nitrogen and oxygen atoms in total. The summed E-state index contributed by atoms with van der Waals surface area (Å²) in [7, 11) is 3.07. The summed E-state index contributed by atoms with van der Waals surface area (Å²) in [4.78, 5) is 42.4. The summed E-state index contributed by atoms with van der Waals surface area (Å²) >= 11 is 3.40. The van der Waals surface area contributed by atoms with E-state index in [9.17, 15) is 14.4 Å². The van der Waals surface area contributed by atoms with Crippen molar-refractivity contribution in [2.24, 2.45) is 5.92 Å². The Morgan fingerprint density at radius 2 is 1.69 bits per heavy atom. The molecule has 2 fully saturated rings. The molecule has 2 heterocycles. The number of hydrazine groups is 1. The lowest BCUT2D eigenvalue weighted by Gasteiger charge is -2.26. The van der Waals surface area contributed by atoms with Crippen LogP contribution >= 0.6 is 15.9 Å². The number of imide groups is 1. The number of halogens is 1. The lowest BCUT2D eigenvalue weighted by atomic mass is 9.90. The Morgan fingerprint density at radius 1 is 0.944 bits per heavy atom. The molecule has 184 valence electrons. The van der Waals surface area contributed by atoms with Gasteiger partial charge in [0.05, 0.1) is 31.9 Å². The zero-order valence-electron chi connectivity index (χ0n) is 19.9. The van der Waals surface area contributed by atoms with Crippen molar-refractivity contribution < 1.29 is 23.9 Å². The molecule has 3 unspecified atom stereocenters. The van der Waals surface area contributed by atoms with Crippen LogP contribution in [0.2, 0.25) is 0 Å². The maximum atomic E-state index is 13.8. The van der Waals surface area contributed by atoms with Gasteiger partial charge in [0, 0.05) is 15.6 Å². The fraction of sp³-hybridized carbons (Fsp3) is 0.222. The molecule has 5 rings (SSSR count). The maximum Gasteiger partial charge on any atom is 0.268 e. The zero-order valence-corrected chi connectivity index (χ0v) is 21.5. The van der Waals surface area contributed by atoms with Crippen LogP contribution in [0.1, 0.15) is 27.5 Å². The molecule has 0 aromatic heterocycles. The van der Waals surface area contributed by atoms with Crippen molar-refractivity contribution in [3.8, 4) is 11.5 Å². The van der Waals surface area contributed by atoms with Crippen molar-refractivity contribution in [1.29, 1.82) is 0 Å². The Kier molecular flexibility index (Phi) is 6.27. The van der Waals surface area contributed by atoms with Crippen LogP contribution in [0.3, 0.4) is 0 Å². The minimum Gasteiger partial charge on any atom is -0.497 e. The molecule has 2 aliphatic rings. The monoisotopic (exact) mass is 549 g/mol. The van der Waals surface area contributed by atoms with Gasteiger partial charge < -0.3 is 9.47 Å². The summed E-state index contributed by atoms with van der Waals surface area (Å²) in [5, 5.41) is 1.28. The first kappa shape index (κ1) is 24.0. The third kappa shape index (κ3) is 3.94. The number of ether oxygens (including phenoxy) is 2. The van der Waals surface area contributed by atoms with Crippen LogP contribution in [0.15, 0.2) is 71.2 Å². The second kappa shape index (κ2) is 9.40. The fourth-order valence-corrected chi connectivity index (χ4v) is 5.22. The first-order chi connectivity index (χ1) is 17.3. The number of fused-ring (bicyclic) bond motifs is 1. The summed E-state index contributed by atoms with van der Waals surface area (Å²) < 4.78 is 11.7. The van der Waals surface area contributed by atoms with Gasteiger partial charge in [-0.25, -0.2) is 10.3 Å². The number of benzene rings is 3. The molecule has 3 amide bonds. The number of hydrogen-bond acceptors (Lipinski definition) is 6. The van der Waals surface area contributed by atoms with Crippen LogP contribution in [0.5, 0.6) is 11.5 Å². The Balaban J connectivity index is 1.62. The van der Waals surface area contributed by atoms with E-state index in [0.717, 1.165) is 10.0 Å². The largest absolute Gasteiger partial charge is 0.497 e. The molecule has 3 atom stereocenters. The Morgan fingerprint density at radius 3 is 2.36 bits per heavy atom. The number of nitrogens with one attached hydrogen (secondary N) is 1. The number of carbonyl (C=O) groups excluding carboxylic acids is 3. The number of hydrogen-bond donors (Lipinski definition) is 1. The Bertz CT molecular complexity index is 1360. The van der Waals surface area contributed by atoms with E-state index in [0.29, 0.717) is 28.3 Å². The molecular weight excluding hydrogens is 526 g/mol. The Labute approximate surface area is 216 Å². The highest BCUT2D eigenvalue weighted by atomic mass is 79.9. The first-order valence-electron chi connectivity index (χ1n) is 11.4. The Hall–Kier alpha value is -3.69. The standard InChI is InChI=1S/C27H24BrN3O5/c1-15-7-9-18(10-8-15)30-26(33)22-23(20-14-19(35-2)11-12-21(20)36-3)29-31(24(22)27(30)34)25(32)16-5-4-6-17(28)13-16/h4-14,22-24,29H,1-3H3. The van der Waals surface area contributed by atoms with Gasteiger partial charge in [-0.3, -0.25) is 19.4 Å². The SMILES string of the molecule is COc1ccc(OC)c(C2NN(C(=O)c3cccc(Br)c3)C3C(=O)N(c4ccc(C)cc4)C(=O)C23)c1. The molecule has 0 radical (unpaired) electrons. The minimum absolute atomic E-state index is 0.378. The third-order valence-electron chi connectivity index (χ3n) is 6.59. The number of carbonyl (C=O) groups is 3. The third-order valence-corrected chi connectivity index (χ3v) is 7.08. The number of nitrogens with zero attached hydrogens (tertiary/aromatic N) is 2. The summed E-state index contributed by atoms with van der Waals surface area (Å²) in [6.07, 6.45) is 0. The maximum absolute atomic E-state index is 13.8. The van der Waals surface area contributed by atoms with Crippen molar-refractivity contribution in [1.82, 2.24) is 10.4 Å². The van der Waals surface area contributed by atoms with Crippen LogP contribution in [0.25, 0.3) is 0 Å². The van der Waals surface area contributed by atoms with E-state index in [-0.39, 0.29) is 5.91 Å². The topological polar surface area (TPSA) is 88.2 Å². The summed E-state index contributed by atoms with van der Waals surface area (Å²) in [5.74, 6) is -1.06. The molecule has 1 N–H and O–H groups in total. The number of aryl methyl sites for hydroxylation is 1.